The van der Waals surface area contributed by atoms with Gasteiger partial charge in [-0.1, -0.05) is 13.8 Å². The van der Waals surface area contributed by atoms with Gasteiger partial charge in [0.1, 0.15) is 0 Å². The van der Waals surface area contributed by atoms with Gasteiger partial charge in [0.15, 0.2) is 5.13 Å². The van der Waals surface area contributed by atoms with E-state index in [1.165, 1.54) is 11.3 Å². The SMILES string of the molecule is Cc1nc(N(C)CCC(C)C)sc1CN. The second kappa shape index (κ2) is 5.47. The van der Waals surface area contributed by atoms with Crippen LogP contribution in [0.5, 0.6) is 0 Å². The van der Waals surface area contributed by atoms with Crippen LogP contribution in [0.3, 0.4) is 0 Å². The first kappa shape index (κ1) is 12.5. The maximum absolute atomic E-state index is 5.64. The van der Waals surface area contributed by atoms with Gasteiger partial charge in [-0.15, -0.1) is 11.3 Å². The van der Waals surface area contributed by atoms with Gasteiger partial charge in [-0.2, -0.15) is 0 Å². The molecule has 86 valence electrons. The highest BCUT2D eigenvalue weighted by molar-refractivity contribution is 7.15. The fraction of sp³-hybridized carbons (Fsp3) is 0.727. The summed E-state index contributed by atoms with van der Waals surface area (Å²) in [7, 11) is 2.10. The third-order valence-corrected chi connectivity index (χ3v) is 3.73. The molecule has 1 aromatic heterocycles. The minimum Gasteiger partial charge on any atom is -0.351 e. The van der Waals surface area contributed by atoms with E-state index in [2.05, 4.69) is 30.8 Å². The predicted molar refractivity (Wildman–Crippen MR) is 67.5 cm³/mol. The van der Waals surface area contributed by atoms with Crippen molar-refractivity contribution in [3.05, 3.63) is 10.6 Å². The molecule has 0 radical (unpaired) electrons. The summed E-state index contributed by atoms with van der Waals surface area (Å²) >= 11 is 1.71. The fourth-order valence-corrected chi connectivity index (χ4v) is 2.24. The van der Waals surface area contributed by atoms with E-state index >= 15 is 0 Å². The number of nitrogens with zero attached hydrogens (tertiary/aromatic N) is 2. The lowest BCUT2D eigenvalue weighted by Gasteiger charge is -2.16. The third-order valence-electron chi connectivity index (χ3n) is 2.44. The monoisotopic (exact) mass is 227 g/mol. The van der Waals surface area contributed by atoms with Crippen LogP contribution in [0.1, 0.15) is 30.8 Å². The standard InChI is InChI=1S/C11H21N3S/c1-8(2)5-6-14(4)11-13-9(3)10(7-12)15-11/h8H,5-7,12H2,1-4H3. The lowest BCUT2D eigenvalue weighted by atomic mass is 10.1. The number of hydrogen-bond donors (Lipinski definition) is 1. The fourth-order valence-electron chi connectivity index (χ4n) is 1.31. The molecule has 1 heterocycles. The van der Waals surface area contributed by atoms with Gasteiger partial charge >= 0.3 is 0 Å². The Morgan fingerprint density at radius 2 is 2.13 bits per heavy atom. The van der Waals surface area contributed by atoms with E-state index in [1.807, 2.05) is 6.92 Å². The number of rotatable bonds is 5. The molecule has 0 amide bonds. The van der Waals surface area contributed by atoms with E-state index in [0.717, 1.165) is 23.3 Å². The molecule has 1 rings (SSSR count). The number of hydrogen-bond acceptors (Lipinski definition) is 4. The van der Waals surface area contributed by atoms with Crippen molar-refractivity contribution in [2.24, 2.45) is 11.7 Å². The Kier molecular flexibility index (Phi) is 4.54. The molecule has 0 aliphatic carbocycles. The molecule has 1 aromatic rings. The average Bonchev–Trinajstić information content (AvgIpc) is 2.56. The molecule has 0 aliphatic heterocycles. The van der Waals surface area contributed by atoms with Crippen LogP contribution in [-0.4, -0.2) is 18.6 Å². The molecule has 3 nitrogen and oxygen atoms in total. The highest BCUT2D eigenvalue weighted by atomic mass is 32.1. The number of aryl methyl sites for hydroxylation is 1. The molecular weight excluding hydrogens is 206 g/mol. The highest BCUT2D eigenvalue weighted by Gasteiger charge is 2.10. The summed E-state index contributed by atoms with van der Waals surface area (Å²) in [4.78, 5) is 7.94. The molecule has 0 atom stereocenters. The summed E-state index contributed by atoms with van der Waals surface area (Å²) in [6.45, 7) is 8.17. The van der Waals surface area contributed by atoms with Gasteiger partial charge in [-0.05, 0) is 19.3 Å². The summed E-state index contributed by atoms with van der Waals surface area (Å²) in [5, 5.41) is 1.09. The molecule has 15 heavy (non-hydrogen) atoms. The lowest BCUT2D eigenvalue weighted by Crippen LogP contribution is -2.19. The summed E-state index contributed by atoms with van der Waals surface area (Å²) in [6, 6.07) is 0. The van der Waals surface area contributed by atoms with Crippen molar-refractivity contribution in [3.63, 3.8) is 0 Å². The third kappa shape index (κ3) is 3.47. The van der Waals surface area contributed by atoms with Crippen LogP contribution in [0, 0.1) is 12.8 Å². The first-order valence-corrected chi connectivity index (χ1v) is 6.23. The van der Waals surface area contributed by atoms with Crippen LogP contribution >= 0.6 is 11.3 Å². The van der Waals surface area contributed by atoms with Gasteiger partial charge in [0.2, 0.25) is 0 Å². The Morgan fingerprint density at radius 1 is 1.47 bits per heavy atom. The second-order valence-corrected chi connectivity index (χ2v) is 5.38. The van der Waals surface area contributed by atoms with Crippen molar-refractivity contribution < 1.29 is 0 Å². The van der Waals surface area contributed by atoms with Crippen molar-refractivity contribution in [1.29, 1.82) is 0 Å². The van der Waals surface area contributed by atoms with E-state index in [4.69, 9.17) is 5.73 Å². The summed E-state index contributed by atoms with van der Waals surface area (Å²) in [5.74, 6) is 0.738. The van der Waals surface area contributed by atoms with Crippen LogP contribution in [-0.2, 0) is 6.54 Å². The van der Waals surface area contributed by atoms with Gasteiger partial charge in [0, 0.05) is 25.0 Å². The first-order valence-electron chi connectivity index (χ1n) is 5.42. The van der Waals surface area contributed by atoms with Gasteiger partial charge in [0.25, 0.3) is 0 Å². The number of thiazole rings is 1. The maximum atomic E-state index is 5.64. The average molecular weight is 227 g/mol. The Morgan fingerprint density at radius 3 is 2.60 bits per heavy atom. The topological polar surface area (TPSA) is 42.2 Å². The van der Waals surface area contributed by atoms with Crippen LogP contribution in [0.15, 0.2) is 0 Å². The highest BCUT2D eigenvalue weighted by Crippen LogP contribution is 2.25. The second-order valence-electron chi connectivity index (χ2n) is 4.31. The smallest absolute Gasteiger partial charge is 0.185 e. The first-order chi connectivity index (χ1) is 7.04. The molecule has 0 fully saturated rings. The quantitative estimate of drug-likeness (QED) is 0.840. The number of nitrogens with two attached hydrogens (primary N) is 1. The molecule has 4 heteroatoms. The minimum atomic E-state index is 0.599. The van der Waals surface area contributed by atoms with Gasteiger partial charge < -0.3 is 10.6 Å². The number of aromatic nitrogens is 1. The van der Waals surface area contributed by atoms with Crippen LogP contribution < -0.4 is 10.6 Å². The maximum Gasteiger partial charge on any atom is 0.185 e. The van der Waals surface area contributed by atoms with Crippen molar-refractivity contribution in [2.45, 2.75) is 33.7 Å². The summed E-state index contributed by atoms with van der Waals surface area (Å²) < 4.78 is 0. The lowest BCUT2D eigenvalue weighted by molar-refractivity contribution is 0.585. The molecule has 0 saturated heterocycles. The summed E-state index contributed by atoms with van der Waals surface area (Å²) in [5.41, 5.74) is 6.72. The minimum absolute atomic E-state index is 0.599. The van der Waals surface area contributed by atoms with Crippen molar-refractivity contribution in [2.75, 3.05) is 18.5 Å². The Balaban J connectivity index is 2.61. The Hall–Kier alpha value is -0.610. The van der Waals surface area contributed by atoms with Crippen LogP contribution in [0.2, 0.25) is 0 Å². The molecule has 0 saturated carbocycles. The van der Waals surface area contributed by atoms with Gasteiger partial charge in [0.05, 0.1) is 5.69 Å². The van der Waals surface area contributed by atoms with Crippen molar-refractivity contribution in [3.8, 4) is 0 Å². The largest absolute Gasteiger partial charge is 0.351 e. The zero-order chi connectivity index (χ0) is 11.4. The van der Waals surface area contributed by atoms with E-state index in [1.54, 1.807) is 11.3 Å². The molecule has 2 N–H and O–H groups in total. The molecule has 0 unspecified atom stereocenters. The van der Waals surface area contributed by atoms with Crippen LogP contribution in [0.4, 0.5) is 5.13 Å². The zero-order valence-electron chi connectivity index (χ0n) is 10.1. The molecule has 0 spiro atoms. The normalized spacial score (nSPS) is 11.1. The molecule has 0 bridgehead atoms. The molecular formula is C11H21N3S. The van der Waals surface area contributed by atoms with Gasteiger partial charge in [-0.25, -0.2) is 4.98 Å². The van der Waals surface area contributed by atoms with Crippen LogP contribution in [0.25, 0.3) is 0 Å². The summed E-state index contributed by atoms with van der Waals surface area (Å²) in [6.07, 6.45) is 1.20. The zero-order valence-corrected chi connectivity index (χ0v) is 10.9. The molecule has 0 aromatic carbocycles. The predicted octanol–water partition coefficient (Wildman–Crippen LogP) is 2.39. The van der Waals surface area contributed by atoms with Gasteiger partial charge in [-0.3, -0.25) is 0 Å². The van der Waals surface area contributed by atoms with E-state index in [-0.39, 0.29) is 0 Å². The van der Waals surface area contributed by atoms with Crippen molar-refractivity contribution >= 4 is 16.5 Å². The Bertz CT molecular complexity index is 307. The van der Waals surface area contributed by atoms with E-state index < -0.39 is 0 Å². The van der Waals surface area contributed by atoms with Crippen molar-refractivity contribution in [1.82, 2.24) is 4.98 Å². The number of anilines is 1. The van der Waals surface area contributed by atoms with E-state index in [0.29, 0.717) is 6.54 Å². The molecule has 0 aliphatic rings. The Labute approximate surface area is 96.3 Å². The van der Waals surface area contributed by atoms with E-state index in [9.17, 15) is 0 Å².